The Labute approximate surface area is 150 Å². The summed E-state index contributed by atoms with van der Waals surface area (Å²) in [6, 6.07) is 12.8. The summed E-state index contributed by atoms with van der Waals surface area (Å²) in [5.74, 6) is 0.713. The molecule has 0 aromatic heterocycles. The number of nitrogens with one attached hydrogen (secondary N) is 1. The Bertz CT molecular complexity index is 726. The highest BCUT2D eigenvalue weighted by atomic mass is 79.9. The second-order valence-electron chi connectivity index (χ2n) is 5.57. The predicted molar refractivity (Wildman–Crippen MR) is 98.7 cm³/mol. The molecule has 0 aliphatic carbocycles. The van der Waals surface area contributed by atoms with Crippen LogP contribution in [-0.4, -0.2) is 18.3 Å². The highest BCUT2D eigenvalue weighted by Crippen LogP contribution is 2.25. The molecule has 2 aromatic rings. The van der Waals surface area contributed by atoms with Crippen molar-refractivity contribution < 1.29 is 14.3 Å². The third-order valence-corrected chi connectivity index (χ3v) is 4.09. The molecule has 0 saturated heterocycles. The van der Waals surface area contributed by atoms with Crippen LogP contribution in [0.3, 0.4) is 0 Å². The Hall–Kier alpha value is -2.14. The maximum Gasteiger partial charge on any atom is 0.224 e. The second kappa shape index (κ2) is 8.64. The molecule has 0 spiro atoms. The number of aryl methyl sites for hydroxylation is 1. The molecule has 0 heterocycles. The molecule has 2 rings (SSSR count). The Morgan fingerprint density at radius 2 is 1.83 bits per heavy atom. The summed E-state index contributed by atoms with van der Waals surface area (Å²) in [5, 5.41) is 2.81. The SMILES string of the molecule is CC(=O)c1ccc(NC(=O)CCCOc2ccc(C)cc2Br)cc1. The third-order valence-electron chi connectivity index (χ3n) is 3.47. The lowest BCUT2D eigenvalue weighted by atomic mass is 10.1. The number of anilines is 1. The number of ether oxygens (including phenoxy) is 1. The Balaban J connectivity index is 1.74. The fourth-order valence-electron chi connectivity index (χ4n) is 2.15. The van der Waals surface area contributed by atoms with Gasteiger partial charge in [-0.2, -0.15) is 0 Å². The molecule has 0 aliphatic heterocycles. The van der Waals surface area contributed by atoms with Crippen LogP contribution in [0.15, 0.2) is 46.9 Å². The molecule has 1 amide bonds. The van der Waals surface area contributed by atoms with E-state index in [1.54, 1.807) is 24.3 Å². The van der Waals surface area contributed by atoms with Crippen LogP contribution in [0.5, 0.6) is 5.75 Å². The van der Waals surface area contributed by atoms with E-state index in [-0.39, 0.29) is 11.7 Å². The van der Waals surface area contributed by atoms with Gasteiger partial charge in [-0.15, -0.1) is 0 Å². The van der Waals surface area contributed by atoms with Crippen LogP contribution in [0.25, 0.3) is 0 Å². The van der Waals surface area contributed by atoms with E-state index < -0.39 is 0 Å². The minimum atomic E-state index is -0.0721. The van der Waals surface area contributed by atoms with Crippen molar-refractivity contribution in [2.24, 2.45) is 0 Å². The van der Waals surface area contributed by atoms with Crippen molar-refractivity contribution in [3.63, 3.8) is 0 Å². The zero-order valence-electron chi connectivity index (χ0n) is 13.8. The lowest BCUT2D eigenvalue weighted by Gasteiger charge is -2.09. The van der Waals surface area contributed by atoms with E-state index in [2.05, 4.69) is 21.2 Å². The van der Waals surface area contributed by atoms with Gasteiger partial charge in [0.25, 0.3) is 0 Å². The van der Waals surface area contributed by atoms with E-state index in [4.69, 9.17) is 4.74 Å². The van der Waals surface area contributed by atoms with Gasteiger partial charge in [-0.3, -0.25) is 9.59 Å². The van der Waals surface area contributed by atoms with Gasteiger partial charge < -0.3 is 10.1 Å². The summed E-state index contributed by atoms with van der Waals surface area (Å²) in [7, 11) is 0. The lowest BCUT2D eigenvalue weighted by molar-refractivity contribution is -0.116. The maximum absolute atomic E-state index is 11.9. The van der Waals surface area contributed by atoms with Gasteiger partial charge >= 0.3 is 0 Å². The molecular formula is C19H20BrNO3. The quantitative estimate of drug-likeness (QED) is 0.548. The lowest BCUT2D eigenvalue weighted by Crippen LogP contribution is -2.13. The molecule has 0 unspecified atom stereocenters. The largest absolute Gasteiger partial charge is 0.492 e. The zero-order valence-corrected chi connectivity index (χ0v) is 15.4. The van der Waals surface area contributed by atoms with Crippen molar-refractivity contribution in [3.05, 3.63) is 58.1 Å². The van der Waals surface area contributed by atoms with Gasteiger partial charge in [0.2, 0.25) is 5.91 Å². The molecular weight excluding hydrogens is 370 g/mol. The van der Waals surface area contributed by atoms with Gasteiger partial charge in [-0.1, -0.05) is 6.07 Å². The van der Waals surface area contributed by atoms with Crippen molar-refractivity contribution in [1.82, 2.24) is 0 Å². The number of hydrogen-bond donors (Lipinski definition) is 1. The van der Waals surface area contributed by atoms with Crippen LogP contribution >= 0.6 is 15.9 Å². The van der Waals surface area contributed by atoms with E-state index in [9.17, 15) is 9.59 Å². The van der Waals surface area contributed by atoms with Crippen LogP contribution in [0.1, 0.15) is 35.7 Å². The molecule has 24 heavy (non-hydrogen) atoms. The minimum Gasteiger partial charge on any atom is -0.492 e. The first-order valence-electron chi connectivity index (χ1n) is 7.75. The van der Waals surface area contributed by atoms with Crippen LogP contribution in [0, 0.1) is 6.92 Å². The number of carbonyl (C=O) groups excluding carboxylic acids is 2. The topological polar surface area (TPSA) is 55.4 Å². The van der Waals surface area contributed by atoms with Gasteiger partial charge in [0, 0.05) is 17.7 Å². The Morgan fingerprint density at radius 3 is 2.46 bits per heavy atom. The van der Waals surface area contributed by atoms with Gasteiger partial charge in [0.15, 0.2) is 5.78 Å². The molecule has 4 nitrogen and oxygen atoms in total. The van der Waals surface area contributed by atoms with Gasteiger partial charge in [0.1, 0.15) is 5.75 Å². The molecule has 0 bridgehead atoms. The van der Waals surface area contributed by atoms with E-state index in [0.29, 0.717) is 30.7 Å². The molecule has 0 saturated carbocycles. The number of benzene rings is 2. The van der Waals surface area contributed by atoms with Crippen LogP contribution in [0.4, 0.5) is 5.69 Å². The highest BCUT2D eigenvalue weighted by Gasteiger charge is 2.05. The molecule has 0 radical (unpaired) electrons. The molecule has 0 aliphatic rings. The zero-order chi connectivity index (χ0) is 17.5. The fraction of sp³-hybridized carbons (Fsp3) is 0.263. The van der Waals surface area contributed by atoms with Crippen LogP contribution < -0.4 is 10.1 Å². The van der Waals surface area contributed by atoms with E-state index in [1.165, 1.54) is 6.92 Å². The van der Waals surface area contributed by atoms with Crippen molar-refractivity contribution in [2.45, 2.75) is 26.7 Å². The maximum atomic E-state index is 11.9. The summed E-state index contributed by atoms with van der Waals surface area (Å²) in [5.41, 5.74) is 2.47. The standard InChI is InChI=1S/C19H20BrNO3/c1-13-5-10-18(17(20)12-13)24-11-3-4-19(23)21-16-8-6-15(7-9-16)14(2)22/h5-10,12H,3-4,11H2,1-2H3,(H,21,23). The predicted octanol–water partition coefficient (Wildman–Crippen LogP) is 4.76. The van der Waals surface area contributed by atoms with Crippen molar-refractivity contribution in [1.29, 1.82) is 0 Å². The minimum absolute atomic E-state index is 0.00675. The first-order chi connectivity index (χ1) is 11.5. The molecule has 126 valence electrons. The third kappa shape index (κ3) is 5.49. The van der Waals surface area contributed by atoms with Crippen LogP contribution in [-0.2, 0) is 4.79 Å². The number of carbonyl (C=O) groups is 2. The first-order valence-corrected chi connectivity index (χ1v) is 8.55. The van der Waals surface area contributed by atoms with E-state index >= 15 is 0 Å². The number of hydrogen-bond acceptors (Lipinski definition) is 3. The first kappa shape index (κ1) is 18.2. The molecule has 5 heteroatoms. The average molecular weight is 390 g/mol. The number of ketones is 1. The molecule has 1 N–H and O–H groups in total. The molecule has 0 atom stereocenters. The summed E-state index contributed by atoms with van der Waals surface area (Å²) in [4.78, 5) is 23.1. The Morgan fingerprint density at radius 1 is 1.12 bits per heavy atom. The number of rotatable bonds is 7. The smallest absolute Gasteiger partial charge is 0.224 e. The normalized spacial score (nSPS) is 10.3. The highest BCUT2D eigenvalue weighted by molar-refractivity contribution is 9.10. The summed E-state index contributed by atoms with van der Waals surface area (Å²) >= 11 is 3.46. The summed E-state index contributed by atoms with van der Waals surface area (Å²) < 4.78 is 6.58. The van der Waals surface area contributed by atoms with Crippen molar-refractivity contribution >= 4 is 33.3 Å². The second-order valence-corrected chi connectivity index (χ2v) is 6.42. The fourth-order valence-corrected chi connectivity index (χ4v) is 2.76. The Kier molecular flexibility index (Phi) is 6.55. The average Bonchev–Trinajstić information content (AvgIpc) is 2.53. The van der Waals surface area contributed by atoms with Gasteiger partial charge in [-0.05, 0) is 78.2 Å². The monoisotopic (exact) mass is 389 g/mol. The molecule has 0 fully saturated rings. The summed E-state index contributed by atoms with van der Waals surface area (Å²) in [6.07, 6.45) is 0.996. The van der Waals surface area contributed by atoms with Crippen LogP contribution in [0.2, 0.25) is 0 Å². The number of Topliss-reactive ketones (excluding diaryl/α,β-unsaturated/α-hetero) is 1. The van der Waals surface area contributed by atoms with Gasteiger partial charge in [-0.25, -0.2) is 0 Å². The number of halogens is 1. The summed E-state index contributed by atoms with van der Waals surface area (Å²) in [6.45, 7) is 4.00. The van der Waals surface area contributed by atoms with Crippen molar-refractivity contribution in [3.8, 4) is 5.75 Å². The van der Waals surface area contributed by atoms with E-state index in [1.807, 2.05) is 25.1 Å². The molecule has 2 aromatic carbocycles. The van der Waals surface area contributed by atoms with Gasteiger partial charge in [0.05, 0.1) is 11.1 Å². The number of amides is 1. The van der Waals surface area contributed by atoms with E-state index in [0.717, 1.165) is 15.8 Å². The van der Waals surface area contributed by atoms with Crippen molar-refractivity contribution in [2.75, 3.05) is 11.9 Å².